The summed E-state index contributed by atoms with van der Waals surface area (Å²) in [7, 11) is 0. The van der Waals surface area contributed by atoms with Crippen molar-refractivity contribution < 1.29 is 9.59 Å². The number of carbonyl (C=O) groups excluding carboxylic acids is 2. The van der Waals surface area contributed by atoms with Gasteiger partial charge in [0.25, 0.3) is 0 Å². The Labute approximate surface area is 124 Å². The number of piperidine rings is 1. The second-order valence-corrected chi connectivity index (χ2v) is 5.94. The molecule has 5 heteroatoms. The third kappa shape index (κ3) is 2.86. The summed E-state index contributed by atoms with van der Waals surface area (Å²) in [6.07, 6.45) is 2.17. The number of rotatable bonds is 2. The van der Waals surface area contributed by atoms with Gasteiger partial charge in [-0.05, 0) is 30.9 Å². The second-order valence-electron chi connectivity index (χ2n) is 5.94. The molecule has 0 bridgehead atoms. The van der Waals surface area contributed by atoms with Crippen LogP contribution in [0, 0.1) is 11.8 Å². The fourth-order valence-corrected chi connectivity index (χ4v) is 3.26. The largest absolute Gasteiger partial charge is 0.384 e. The third-order valence-electron chi connectivity index (χ3n) is 4.58. The number of anilines is 1. The van der Waals surface area contributed by atoms with Gasteiger partial charge in [-0.3, -0.25) is 9.59 Å². The third-order valence-corrected chi connectivity index (χ3v) is 4.58. The molecule has 3 N–H and O–H groups in total. The molecule has 1 unspecified atom stereocenters. The van der Waals surface area contributed by atoms with Gasteiger partial charge in [-0.15, -0.1) is 0 Å². The van der Waals surface area contributed by atoms with Gasteiger partial charge >= 0.3 is 0 Å². The Morgan fingerprint density at radius 2 is 1.86 bits per heavy atom. The Bertz CT molecular complexity index is 550. The summed E-state index contributed by atoms with van der Waals surface area (Å²) in [5.74, 6) is -0.125. The molecule has 1 fully saturated rings. The average Bonchev–Trinajstić information content (AvgIpc) is 2.54. The van der Waals surface area contributed by atoms with Crippen molar-refractivity contribution in [2.75, 3.05) is 25.0 Å². The quantitative estimate of drug-likeness (QED) is 0.852. The van der Waals surface area contributed by atoms with Gasteiger partial charge in [0, 0.05) is 31.2 Å². The highest BCUT2D eigenvalue weighted by Gasteiger charge is 2.31. The highest BCUT2D eigenvalue weighted by Crippen LogP contribution is 2.26. The second kappa shape index (κ2) is 5.76. The molecule has 0 saturated carbocycles. The van der Waals surface area contributed by atoms with Gasteiger partial charge in [0.1, 0.15) is 0 Å². The maximum absolute atomic E-state index is 12.6. The average molecular weight is 287 g/mol. The minimum Gasteiger partial charge on any atom is -0.384 e. The van der Waals surface area contributed by atoms with Crippen molar-refractivity contribution in [3.8, 4) is 0 Å². The minimum atomic E-state index is -0.240. The number of hydrogen-bond acceptors (Lipinski definition) is 3. The van der Waals surface area contributed by atoms with E-state index < -0.39 is 0 Å². The summed E-state index contributed by atoms with van der Waals surface area (Å²) in [6.45, 7) is 1.97. The molecule has 21 heavy (non-hydrogen) atoms. The lowest BCUT2D eigenvalue weighted by molar-refractivity contribution is -0.138. The monoisotopic (exact) mass is 287 g/mol. The maximum atomic E-state index is 12.6. The lowest BCUT2D eigenvalue weighted by atomic mass is 9.91. The molecule has 0 aliphatic carbocycles. The van der Waals surface area contributed by atoms with Crippen LogP contribution >= 0.6 is 0 Å². The van der Waals surface area contributed by atoms with E-state index in [0.29, 0.717) is 32.5 Å². The number of nitrogens with zero attached hydrogens (tertiary/aromatic N) is 1. The summed E-state index contributed by atoms with van der Waals surface area (Å²) in [6, 6.07) is 8.13. The van der Waals surface area contributed by atoms with Crippen LogP contribution in [-0.4, -0.2) is 36.3 Å². The van der Waals surface area contributed by atoms with Gasteiger partial charge in [-0.2, -0.15) is 0 Å². The van der Waals surface area contributed by atoms with Crippen LogP contribution in [0.5, 0.6) is 0 Å². The van der Waals surface area contributed by atoms with Crippen LogP contribution in [0.15, 0.2) is 24.3 Å². The topological polar surface area (TPSA) is 75.4 Å². The molecule has 2 heterocycles. The molecule has 2 amide bonds. The lowest BCUT2D eigenvalue weighted by Gasteiger charge is -2.35. The molecule has 1 atom stereocenters. The number of benzene rings is 1. The molecular weight excluding hydrogens is 266 g/mol. The van der Waals surface area contributed by atoms with Gasteiger partial charge in [-0.1, -0.05) is 18.2 Å². The molecule has 2 aliphatic rings. The Hall–Kier alpha value is -2.04. The Kier molecular flexibility index (Phi) is 3.82. The number of fused-ring (bicyclic) bond motifs is 1. The number of likely N-dealkylation sites (tertiary alicyclic amines) is 1. The Morgan fingerprint density at radius 1 is 1.14 bits per heavy atom. The van der Waals surface area contributed by atoms with Crippen LogP contribution < -0.4 is 11.1 Å². The zero-order valence-corrected chi connectivity index (χ0v) is 12.0. The number of carbonyl (C=O) groups is 2. The number of nitrogens with two attached hydrogens (primary N) is 1. The molecule has 0 radical (unpaired) electrons. The molecule has 5 nitrogen and oxygen atoms in total. The van der Waals surface area contributed by atoms with Crippen molar-refractivity contribution in [3.05, 3.63) is 29.8 Å². The van der Waals surface area contributed by atoms with E-state index in [1.807, 2.05) is 23.1 Å². The van der Waals surface area contributed by atoms with Crippen LogP contribution in [0.3, 0.4) is 0 Å². The molecule has 0 spiro atoms. The van der Waals surface area contributed by atoms with E-state index in [1.165, 1.54) is 5.56 Å². The van der Waals surface area contributed by atoms with Gasteiger partial charge in [0.15, 0.2) is 0 Å². The first-order valence-electron chi connectivity index (χ1n) is 7.55. The van der Waals surface area contributed by atoms with Gasteiger partial charge in [-0.25, -0.2) is 0 Å². The molecule has 0 aromatic heterocycles. The predicted molar refractivity (Wildman–Crippen MR) is 80.6 cm³/mol. The first-order chi connectivity index (χ1) is 10.1. The van der Waals surface area contributed by atoms with Crippen LogP contribution in [-0.2, 0) is 16.0 Å². The lowest BCUT2D eigenvalue weighted by Crippen LogP contribution is -2.46. The number of hydrogen-bond donors (Lipinski definition) is 2. The molecule has 1 aromatic carbocycles. The van der Waals surface area contributed by atoms with Crippen molar-refractivity contribution >= 4 is 17.5 Å². The van der Waals surface area contributed by atoms with Crippen molar-refractivity contribution in [3.63, 3.8) is 0 Å². The zero-order valence-electron chi connectivity index (χ0n) is 12.0. The van der Waals surface area contributed by atoms with Crippen LogP contribution in [0.25, 0.3) is 0 Å². The zero-order chi connectivity index (χ0) is 14.8. The summed E-state index contributed by atoms with van der Waals surface area (Å²) in [5.41, 5.74) is 7.67. The van der Waals surface area contributed by atoms with Crippen LogP contribution in [0.4, 0.5) is 5.69 Å². The van der Waals surface area contributed by atoms with E-state index in [4.69, 9.17) is 5.73 Å². The van der Waals surface area contributed by atoms with Gasteiger partial charge in [0.2, 0.25) is 11.8 Å². The SMILES string of the molecule is NC(=O)C1CCN(C(=O)C2CNc3ccccc3C2)CC1. The number of nitrogens with one attached hydrogen (secondary N) is 1. The Balaban J connectivity index is 1.61. The van der Waals surface area contributed by atoms with E-state index in [9.17, 15) is 9.59 Å². The van der Waals surface area contributed by atoms with Crippen molar-refractivity contribution in [2.45, 2.75) is 19.3 Å². The summed E-state index contributed by atoms with van der Waals surface area (Å²) >= 11 is 0. The van der Waals surface area contributed by atoms with Gasteiger partial charge < -0.3 is 16.0 Å². The fraction of sp³-hybridized carbons (Fsp3) is 0.500. The van der Waals surface area contributed by atoms with Gasteiger partial charge in [0.05, 0.1) is 5.92 Å². The normalized spacial score (nSPS) is 22.3. The van der Waals surface area contributed by atoms with Crippen LogP contribution in [0.1, 0.15) is 18.4 Å². The highest BCUT2D eigenvalue weighted by molar-refractivity contribution is 5.82. The highest BCUT2D eigenvalue weighted by atomic mass is 16.2. The molecular formula is C16H21N3O2. The number of para-hydroxylation sites is 1. The van der Waals surface area contributed by atoms with Crippen molar-refractivity contribution in [2.24, 2.45) is 17.6 Å². The summed E-state index contributed by atoms with van der Waals surface area (Å²) in [5, 5.41) is 3.34. The fourth-order valence-electron chi connectivity index (χ4n) is 3.26. The first kappa shape index (κ1) is 13.9. The van der Waals surface area contributed by atoms with E-state index in [2.05, 4.69) is 11.4 Å². The summed E-state index contributed by atoms with van der Waals surface area (Å²) < 4.78 is 0. The molecule has 3 rings (SSSR count). The molecule has 1 aromatic rings. The van der Waals surface area contributed by atoms with E-state index in [-0.39, 0.29) is 23.7 Å². The predicted octanol–water partition coefficient (Wildman–Crippen LogP) is 0.995. The maximum Gasteiger partial charge on any atom is 0.227 e. The molecule has 112 valence electrons. The minimum absolute atomic E-state index is 0.00923. The first-order valence-corrected chi connectivity index (χ1v) is 7.55. The van der Waals surface area contributed by atoms with E-state index in [0.717, 1.165) is 12.1 Å². The molecule has 2 aliphatic heterocycles. The van der Waals surface area contributed by atoms with Crippen LogP contribution in [0.2, 0.25) is 0 Å². The van der Waals surface area contributed by atoms with E-state index in [1.54, 1.807) is 0 Å². The smallest absolute Gasteiger partial charge is 0.227 e. The van der Waals surface area contributed by atoms with E-state index >= 15 is 0 Å². The number of amides is 2. The standard InChI is InChI=1S/C16H21N3O2/c17-15(20)11-5-7-19(8-6-11)16(21)13-9-12-3-1-2-4-14(12)18-10-13/h1-4,11,13,18H,5-10H2,(H2,17,20). The van der Waals surface area contributed by atoms with Crippen molar-refractivity contribution in [1.29, 1.82) is 0 Å². The van der Waals surface area contributed by atoms with Crippen molar-refractivity contribution in [1.82, 2.24) is 4.90 Å². The molecule has 1 saturated heterocycles. The number of primary amides is 1. The summed E-state index contributed by atoms with van der Waals surface area (Å²) in [4.78, 5) is 25.7. The Morgan fingerprint density at radius 3 is 2.57 bits per heavy atom.